The standard InChI is InChI=1S/C24H23FN6O2/c1-14-9-20-19(22(26)33)7-4-8-21(20)31(14)24-29-13-17(12-27-15(2)32)23(30-24)28-11-16-5-3-6-18(25)10-16/h3-10,13H,11-12H2,1-2H3,(H2,26,33)(H,27,32)(H,28,29,30). The van der Waals surface area contributed by atoms with Gasteiger partial charge in [-0.05, 0) is 42.8 Å². The van der Waals surface area contributed by atoms with Crippen LogP contribution in [0.15, 0.2) is 54.7 Å². The topological polar surface area (TPSA) is 115 Å². The lowest BCUT2D eigenvalue weighted by atomic mass is 10.1. The van der Waals surface area contributed by atoms with Crippen molar-refractivity contribution in [2.45, 2.75) is 26.9 Å². The van der Waals surface area contributed by atoms with Gasteiger partial charge in [-0.1, -0.05) is 18.2 Å². The van der Waals surface area contributed by atoms with Gasteiger partial charge in [0.05, 0.1) is 5.52 Å². The minimum absolute atomic E-state index is 0.179. The number of amides is 2. The van der Waals surface area contributed by atoms with E-state index in [2.05, 4.69) is 15.6 Å². The van der Waals surface area contributed by atoms with Crippen molar-refractivity contribution in [3.63, 3.8) is 0 Å². The fourth-order valence-electron chi connectivity index (χ4n) is 3.68. The Morgan fingerprint density at radius 2 is 1.91 bits per heavy atom. The van der Waals surface area contributed by atoms with Crippen molar-refractivity contribution in [1.29, 1.82) is 0 Å². The van der Waals surface area contributed by atoms with Gasteiger partial charge in [0.1, 0.15) is 11.6 Å². The van der Waals surface area contributed by atoms with E-state index in [0.29, 0.717) is 34.8 Å². The second-order valence-electron chi connectivity index (χ2n) is 7.66. The van der Waals surface area contributed by atoms with E-state index in [9.17, 15) is 14.0 Å². The van der Waals surface area contributed by atoms with Crippen LogP contribution in [0.2, 0.25) is 0 Å². The van der Waals surface area contributed by atoms with Crippen LogP contribution >= 0.6 is 0 Å². The molecule has 0 atom stereocenters. The highest BCUT2D eigenvalue weighted by atomic mass is 19.1. The molecule has 2 aromatic carbocycles. The predicted octanol–water partition coefficient (Wildman–Crippen LogP) is 3.22. The number of fused-ring (bicyclic) bond motifs is 1. The molecule has 0 saturated heterocycles. The number of aryl methyl sites for hydroxylation is 1. The number of nitrogens with two attached hydrogens (primary N) is 1. The number of rotatable bonds is 7. The largest absolute Gasteiger partial charge is 0.366 e. The third-order valence-corrected chi connectivity index (χ3v) is 5.22. The molecule has 0 aliphatic rings. The number of hydrogen-bond donors (Lipinski definition) is 3. The van der Waals surface area contributed by atoms with Crippen molar-refractivity contribution in [2.75, 3.05) is 5.32 Å². The second-order valence-corrected chi connectivity index (χ2v) is 7.66. The molecule has 168 valence electrons. The van der Waals surface area contributed by atoms with Crippen LogP contribution < -0.4 is 16.4 Å². The summed E-state index contributed by atoms with van der Waals surface area (Å²) in [5.74, 6) is -0.123. The molecule has 0 saturated carbocycles. The summed E-state index contributed by atoms with van der Waals surface area (Å²) in [4.78, 5) is 32.5. The average Bonchev–Trinajstić information content (AvgIpc) is 3.12. The molecule has 4 aromatic rings. The van der Waals surface area contributed by atoms with Gasteiger partial charge in [0.2, 0.25) is 17.8 Å². The van der Waals surface area contributed by atoms with Gasteiger partial charge in [-0.15, -0.1) is 0 Å². The van der Waals surface area contributed by atoms with Gasteiger partial charge in [0, 0.05) is 48.4 Å². The number of aromatic nitrogens is 3. The van der Waals surface area contributed by atoms with Crippen LogP contribution in [0.4, 0.5) is 10.2 Å². The molecule has 0 spiro atoms. The van der Waals surface area contributed by atoms with Gasteiger partial charge in [-0.25, -0.2) is 9.37 Å². The van der Waals surface area contributed by atoms with Gasteiger partial charge in [0.25, 0.3) is 0 Å². The van der Waals surface area contributed by atoms with E-state index in [1.54, 1.807) is 30.5 Å². The molecular formula is C24H23FN6O2. The fourth-order valence-corrected chi connectivity index (χ4v) is 3.68. The Hall–Kier alpha value is -4.27. The molecule has 2 heterocycles. The van der Waals surface area contributed by atoms with Crippen LogP contribution in [0.5, 0.6) is 0 Å². The first-order chi connectivity index (χ1) is 15.8. The molecule has 4 rings (SSSR count). The Morgan fingerprint density at radius 3 is 2.64 bits per heavy atom. The summed E-state index contributed by atoms with van der Waals surface area (Å²) in [7, 11) is 0. The summed E-state index contributed by atoms with van der Waals surface area (Å²) in [5, 5.41) is 6.68. The van der Waals surface area contributed by atoms with Crippen molar-refractivity contribution in [1.82, 2.24) is 19.9 Å². The van der Waals surface area contributed by atoms with Gasteiger partial charge in [-0.2, -0.15) is 4.98 Å². The highest BCUT2D eigenvalue weighted by Gasteiger charge is 2.16. The Balaban J connectivity index is 1.76. The number of hydrogen-bond acceptors (Lipinski definition) is 5. The van der Waals surface area contributed by atoms with Crippen molar-refractivity contribution >= 4 is 28.5 Å². The van der Waals surface area contributed by atoms with Crippen LogP contribution in [0.1, 0.15) is 34.1 Å². The molecule has 9 heteroatoms. The van der Waals surface area contributed by atoms with Crippen molar-refractivity contribution in [3.05, 3.63) is 82.9 Å². The molecule has 0 unspecified atom stereocenters. The smallest absolute Gasteiger partial charge is 0.249 e. The summed E-state index contributed by atoms with van der Waals surface area (Å²) in [6, 6.07) is 13.4. The fraction of sp³-hybridized carbons (Fsp3) is 0.167. The SMILES string of the molecule is CC(=O)NCc1cnc(-n2c(C)cc3c(C(N)=O)cccc32)nc1NCc1cccc(F)c1. The number of nitrogens with zero attached hydrogens (tertiary/aromatic N) is 3. The molecule has 0 aliphatic carbocycles. The lowest BCUT2D eigenvalue weighted by Crippen LogP contribution is -2.21. The molecule has 0 bridgehead atoms. The molecule has 0 radical (unpaired) electrons. The Kier molecular flexibility index (Phi) is 6.03. The van der Waals surface area contributed by atoms with Crippen LogP contribution in [-0.4, -0.2) is 26.3 Å². The molecule has 4 N–H and O–H groups in total. The van der Waals surface area contributed by atoms with E-state index in [0.717, 1.165) is 16.8 Å². The molecule has 8 nitrogen and oxygen atoms in total. The molecule has 0 aliphatic heterocycles. The first-order valence-corrected chi connectivity index (χ1v) is 10.3. The lowest BCUT2D eigenvalue weighted by Gasteiger charge is -2.14. The van der Waals surface area contributed by atoms with Crippen LogP contribution in [0, 0.1) is 12.7 Å². The summed E-state index contributed by atoms with van der Waals surface area (Å²) >= 11 is 0. The molecular weight excluding hydrogens is 423 g/mol. The first kappa shape index (κ1) is 21.9. The van der Waals surface area contributed by atoms with Crippen molar-refractivity contribution < 1.29 is 14.0 Å². The highest BCUT2D eigenvalue weighted by molar-refractivity contribution is 6.06. The molecule has 2 aromatic heterocycles. The predicted molar refractivity (Wildman–Crippen MR) is 123 cm³/mol. The second kappa shape index (κ2) is 9.07. The van der Waals surface area contributed by atoms with E-state index < -0.39 is 5.91 Å². The van der Waals surface area contributed by atoms with Crippen LogP contribution in [0.3, 0.4) is 0 Å². The lowest BCUT2D eigenvalue weighted by molar-refractivity contribution is -0.119. The monoisotopic (exact) mass is 446 g/mol. The molecule has 0 fully saturated rings. The third kappa shape index (κ3) is 4.67. The molecule has 2 amide bonds. The minimum atomic E-state index is -0.512. The Bertz CT molecular complexity index is 1360. The van der Waals surface area contributed by atoms with E-state index in [-0.39, 0.29) is 18.3 Å². The first-order valence-electron chi connectivity index (χ1n) is 10.3. The van der Waals surface area contributed by atoms with Gasteiger partial charge in [-0.3, -0.25) is 14.2 Å². The summed E-state index contributed by atoms with van der Waals surface area (Å²) in [6.45, 7) is 3.89. The van der Waals surface area contributed by atoms with Gasteiger partial charge >= 0.3 is 0 Å². The normalized spacial score (nSPS) is 10.9. The van der Waals surface area contributed by atoms with Crippen LogP contribution in [0.25, 0.3) is 16.9 Å². The Morgan fingerprint density at radius 1 is 1.12 bits per heavy atom. The van der Waals surface area contributed by atoms with Gasteiger partial charge in [0.15, 0.2) is 0 Å². The van der Waals surface area contributed by atoms with E-state index >= 15 is 0 Å². The summed E-state index contributed by atoms with van der Waals surface area (Å²) in [6.07, 6.45) is 1.63. The van der Waals surface area contributed by atoms with Gasteiger partial charge < -0.3 is 16.4 Å². The number of carbonyl (C=O) groups excluding carboxylic acids is 2. The van der Waals surface area contributed by atoms with Crippen molar-refractivity contribution in [3.8, 4) is 5.95 Å². The zero-order chi connectivity index (χ0) is 23.5. The number of nitrogens with one attached hydrogen (secondary N) is 2. The average molecular weight is 446 g/mol. The van der Waals surface area contributed by atoms with E-state index in [4.69, 9.17) is 10.7 Å². The van der Waals surface area contributed by atoms with Crippen LogP contribution in [-0.2, 0) is 17.9 Å². The van der Waals surface area contributed by atoms with Crippen molar-refractivity contribution in [2.24, 2.45) is 5.73 Å². The quantitative estimate of drug-likeness (QED) is 0.403. The number of carbonyl (C=O) groups is 2. The highest BCUT2D eigenvalue weighted by Crippen LogP contribution is 2.26. The minimum Gasteiger partial charge on any atom is -0.366 e. The summed E-state index contributed by atoms with van der Waals surface area (Å²) < 4.78 is 15.4. The maximum Gasteiger partial charge on any atom is 0.249 e. The van der Waals surface area contributed by atoms with E-state index in [1.165, 1.54) is 19.1 Å². The van der Waals surface area contributed by atoms with E-state index in [1.807, 2.05) is 23.6 Å². The number of primary amides is 1. The Labute approximate surface area is 189 Å². The summed E-state index contributed by atoms with van der Waals surface area (Å²) in [5.41, 5.74) is 8.94. The number of benzene rings is 2. The number of anilines is 1. The zero-order valence-electron chi connectivity index (χ0n) is 18.2. The maximum absolute atomic E-state index is 13.6. The maximum atomic E-state index is 13.6. The number of halogens is 1. The third-order valence-electron chi connectivity index (χ3n) is 5.22. The zero-order valence-corrected chi connectivity index (χ0v) is 18.2. The molecule has 33 heavy (non-hydrogen) atoms.